The number of hydrogen-bond donors (Lipinski definition) is 0. The van der Waals surface area contributed by atoms with Crippen molar-refractivity contribution in [3.8, 4) is 0 Å². The Hall–Kier alpha value is -2.99. The fraction of sp³-hybridized carbons (Fsp3) is 0.400. The molecule has 0 spiro atoms. The molecule has 1 aliphatic rings. The zero-order chi connectivity index (χ0) is 25.5. The van der Waals surface area contributed by atoms with Crippen LogP contribution in [0.4, 0.5) is 4.39 Å². The standard InChI is InChI=1S/C30H35FN2O2S/c1-3-5-7-22-8-10-24(11-9-22)30(35)32(18-6-4-2)21-28(34)33-19-16-27-26(17-20-36-27)29(33)23-12-14-25(31)15-13-23/h8-15,17,20,29H,3-7,16,18-19,21H2,1-2H3. The van der Waals surface area contributed by atoms with Crippen molar-refractivity contribution in [1.82, 2.24) is 9.80 Å². The number of carbonyl (C=O) groups excluding carboxylic acids is 2. The first-order chi connectivity index (χ1) is 17.5. The van der Waals surface area contributed by atoms with Gasteiger partial charge in [-0.1, -0.05) is 51.0 Å². The summed E-state index contributed by atoms with van der Waals surface area (Å²) in [6.45, 7) is 5.41. The Bertz CT molecular complexity index is 1160. The first-order valence-corrected chi connectivity index (χ1v) is 13.9. The van der Waals surface area contributed by atoms with Gasteiger partial charge in [0.1, 0.15) is 12.4 Å². The summed E-state index contributed by atoms with van der Waals surface area (Å²) in [7, 11) is 0. The summed E-state index contributed by atoms with van der Waals surface area (Å²) in [5.74, 6) is -0.481. The minimum absolute atomic E-state index is 0.0353. The van der Waals surface area contributed by atoms with Gasteiger partial charge in [-0.3, -0.25) is 9.59 Å². The van der Waals surface area contributed by atoms with E-state index in [2.05, 4.69) is 25.3 Å². The summed E-state index contributed by atoms with van der Waals surface area (Å²) in [5.41, 5.74) is 3.83. The van der Waals surface area contributed by atoms with Crippen molar-refractivity contribution < 1.29 is 14.0 Å². The van der Waals surface area contributed by atoms with Gasteiger partial charge >= 0.3 is 0 Å². The van der Waals surface area contributed by atoms with E-state index in [0.29, 0.717) is 18.7 Å². The number of hydrogen-bond acceptors (Lipinski definition) is 3. The summed E-state index contributed by atoms with van der Waals surface area (Å²) in [6.07, 6.45) is 5.83. The van der Waals surface area contributed by atoms with Gasteiger partial charge in [0.25, 0.3) is 5.91 Å². The van der Waals surface area contributed by atoms with Gasteiger partial charge in [0.05, 0.1) is 6.04 Å². The average Bonchev–Trinajstić information content (AvgIpc) is 3.38. The number of nitrogens with zero attached hydrogens (tertiary/aromatic N) is 2. The molecule has 3 aromatic rings. The van der Waals surface area contributed by atoms with E-state index >= 15 is 0 Å². The number of rotatable bonds is 10. The van der Waals surface area contributed by atoms with Gasteiger partial charge in [-0.2, -0.15) is 0 Å². The van der Waals surface area contributed by atoms with E-state index in [9.17, 15) is 14.0 Å². The second kappa shape index (κ2) is 12.3. The van der Waals surface area contributed by atoms with Crippen LogP contribution in [-0.2, 0) is 17.6 Å². The first kappa shape index (κ1) is 26.1. The molecule has 2 aromatic carbocycles. The van der Waals surface area contributed by atoms with Crippen LogP contribution in [0.5, 0.6) is 0 Å². The van der Waals surface area contributed by atoms with Gasteiger partial charge in [-0.05, 0) is 78.1 Å². The monoisotopic (exact) mass is 506 g/mol. The lowest BCUT2D eigenvalue weighted by Crippen LogP contribution is -2.47. The molecule has 190 valence electrons. The Balaban J connectivity index is 1.55. The summed E-state index contributed by atoms with van der Waals surface area (Å²) in [6, 6.07) is 16.0. The van der Waals surface area contributed by atoms with Crippen LogP contribution in [0, 0.1) is 5.82 Å². The summed E-state index contributed by atoms with van der Waals surface area (Å²) >= 11 is 1.70. The minimum atomic E-state index is -0.296. The van der Waals surface area contributed by atoms with Gasteiger partial charge in [0.15, 0.2) is 0 Å². The molecule has 6 heteroatoms. The number of unbranched alkanes of at least 4 members (excludes halogenated alkanes) is 2. The average molecular weight is 507 g/mol. The van der Waals surface area contributed by atoms with Gasteiger partial charge in [-0.25, -0.2) is 4.39 Å². The fourth-order valence-corrected chi connectivity index (χ4v) is 5.73. The molecule has 0 fully saturated rings. The molecular weight excluding hydrogens is 471 g/mol. The number of halogens is 1. The van der Waals surface area contributed by atoms with Crippen LogP contribution in [0.15, 0.2) is 60.0 Å². The minimum Gasteiger partial charge on any atom is -0.330 e. The zero-order valence-corrected chi connectivity index (χ0v) is 22.0. The van der Waals surface area contributed by atoms with Crippen molar-refractivity contribution in [2.75, 3.05) is 19.6 Å². The van der Waals surface area contributed by atoms with Crippen molar-refractivity contribution in [3.05, 3.63) is 92.9 Å². The molecule has 1 aromatic heterocycles. The van der Waals surface area contributed by atoms with Crippen molar-refractivity contribution in [2.24, 2.45) is 0 Å². The van der Waals surface area contributed by atoms with Crippen LogP contribution in [0.25, 0.3) is 0 Å². The van der Waals surface area contributed by atoms with E-state index in [4.69, 9.17) is 0 Å². The molecule has 36 heavy (non-hydrogen) atoms. The number of amides is 2. The maximum Gasteiger partial charge on any atom is 0.254 e. The normalized spacial score (nSPS) is 15.0. The van der Waals surface area contributed by atoms with Gasteiger partial charge < -0.3 is 9.80 Å². The lowest BCUT2D eigenvalue weighted by molar-refractivity contribution is -0.134. The Morgan fingerprint density at radius 1 is 1.00 bits per heavy atom. The topological polar surface area (TPSA) is 40.6 Å². The molecule has 0 aliphatic carbocycles. The van der Waals surface area contributed by atoms with Gasteiger partial charge in [0.2, 0.25) is 5.91 Å². The summed E-state index contributed by atoms with van der Waals surface area (Å²) in [4.78, 5) is 32.0. The Labute approximate surface area is 217 Å². The molecule has 0 saturated carbocycles. The Morgan fingerprint density at radius 2 is 1.72 bits per heavy atom. The number of fused-ring (bicyclic) bond motifs is 1. The van der Waals surface area contributed by atoms with E-state index in [1.807, 2.05) is 29.2 Å². The molecule has 1 unspecified atom stereocenters. The fourth-order valence-electron chi connectivity index (χ4n) is 4.82. The van der Waals surface area contributed by atoms with E-state index < -0.39 is 0 Å². The second-order valence-electron chi connectivity index (χ2n) is 9.47. The van der Waals surface area contributed by atoms with Gasteiger partial charge in [-0.15, -0.1) is 11.3 Å². The van der Waals surface area contributed by atoms with E-state index in [1.54, 1.807) is 28.4 Å². The number of carbonyl (C=O) groups is 2. The van der Waals surface area contributed by atoms with E-state index in [0.717, 1.165) is 49.7 Å². The van der Waals surface area contributed by atoms with Gasteiger partial charge in [0, 0.05) is 23.5 Å². The highest BCUT2D eigenvalue weighted by Crippen LogP contribution is 2.38. The molecule has 2 heterocycles. The van der Waals surface area contributed by atoms with Crippen molar-refractivity contribution >= 4 is 23.2 Å². The van der Waals surface area contributed by atoms with Crippen LogP contribution >= 0.6 is 11.3 Å². The molecule has 1 aliphatic heterocycles. The molecule has 0 saturated heterocycles. The molecule has 4 nitrogen and oxygen atoms in total. The maximum absolute atomic E-state index is 13.7. The maximum atomic E-state index is 13.7. The van der Waals surface area contributed by atoms with E-state index in [1.165, 1.54) is 22.6 Å². The van der Waals surface area contributed by atoms with E-state index in [-0.39, 0.29) is 30.2 Å². The highest BCUT2D eigenvalue weighted by Gasteiger charge is 2.34. The quantitative estimate of drug-likeness (QED) is 0.309. The molecule has 0 N–H and O–H groups in total. The largest absolute Gasteiger partial charge is 0.330 e. The smallest absolute Gasteiger partial charge is 0.254 e. The predicted octanol–water partition coefficient (Wildman–Crippen LogP) is 6.65. The lowest BCUT2D eigenvalue weighted by Gasteiger charge is -2.37. The Kier molecular flexibility index (Phi) is 8.92. The first-order valence-electron chi connectivity index (χ1n) is 13.0. The summed E-state index contributed by atoms with van der Waals surface area (Å²) < 4.78 is 13.6. The number of thiophene rings is 1. The number of aryl methyl sites for hydroxylation is 1. The predicted molar refractivity (Wildman–Crippen MR) is 144 cm³/mol. The third-order valence-electron chi connectivity index (χ3n) is 6.89. The third-order valence-corrected chi connectivity index (χ3v) is 7.88. The van der Waals surface area contributed by atoms with Crippen LogP contribution in [0.2, 0.25) is 0 Å². The molecule has 1 atom stereocenters. The van der Waals surface area contributed by atoms with Crippen molar-refractivity contribution in [3.63, 3.8) is 0 Å². The second-order valence-corrected chi connectivity index (χ2v) is 10.5. The molecule has 4 rings (SSSR count). The van der Waals surface area contributed by atoms with Crippen LogP contribution in [-0.4, -0.2) is 41.2 Å². The summed E-state index contributed by atoms with van der Waals surface area (Å²) in [5, 5.41) is 2.05. The van der Waals surface area contributed by atoms with Crippen LogP contribution in [0.3, 0.4) is 0 Å². The van der Waals surface area contributed by atoms with Crippen LogP contribution < -0.4 is 0 Å². The number of benzene rings is 2. The van der Waals surface area contributed by atoms with Crippen molar-refractivity contribution in [2.45, 2.75) is 58.4 Å². The SMILES string of the molecule is CCCCc1ccc(C(=O)N(CCCC)CC(=O)N2CCc3sccc3C2c2ccc(F)cc2)cc1. The molecule has 0 radical (unpaired) electrons. The lowest BCUT2D eigenvalue weighted by atomic mass is 9.93. The molecular formula is C30H35FN2O2S. The van der Waals surface area contributed by atoms with Crippen molar-refractivity contribution in [1.29, 1.82) is 0 Å². The molecule has 2 amide bonds. The zero-order valence-electron chi connectivity index (χ0n) is 21.2. The highest BCUT2D eigenvalue weighted by molar-refractivity contribution is 7.10. The Morgan fingerprint density at radius 3 is 2.42 bits per heavy atom. The highest BCUT2D eigenvalue weighted by atomic mass is 32.1. The van der Waals surface area contributed by atoms with Crippen LogP contribution in [0.1, 0.15) is 77.5 Å². The third kappa shape index (κ3) is 6.04. The molecule has 0 bridgehead atoms.